The van der Waals surface area contributed by atoms with Crippen molar-refractivity contribution in [3.05, 3.63) is 147 Å². The average Bonchev–Trinajstić information content (AvgIpc) is 3.47. The highest BCUT2D eigenvalue weighted by Crippen LogP contribution is 2.23. The first-order valence-electron chi connectivity index (χ1n) is 11.8. The predicted octanol–water partition coefficient (Wildman–Crippen LogP) is 3.80. The summed E-state index contributed by atoms with van der Waals surface area (Å²) in [5.74, 6) is -0.497. The lowest BCUT2D eigenvalue weighted by Crippen LogP contribution is -2.41. The average molecular weight is 492 g/mol. The number of benzene rings is 3. The maximum atomic E-state index is 14.0. The highest BCUT2D eigenvalue weighted by atomic mass is 16.2. The largest absolute Gasteiger partial charge is 0.383 e. The van der Waals surface area contributed by atoms with Crippen LogP contribution in [0.1, 0.15) is 21.5 Å². The molecule has 37 heavy (non-hydrogen) atoms. The van der Waals surface area contributed by atoms with Gasteiger partial charge in [-0.25, -0.2) is 4.79 Å². The molecule has 3 aromatic carbocycles. The lowest BCUT2D eigenvalue weighted by Gasteiger charge is -2.25. The molecule has 0 aliphatic rings. The van der Waals surface area contributed by atoms with E-state index in [1.165, 1.54) is 9.47 Å². The number of anilines is 2. The lowest BCUT2D eigenvalue weighted by atomic mass is 10.1. The van der Waals surface area contributed by atoms with E-state index < -0.39 is 17.2 Å². The maximum Gasteiger partial charge on any atom is 0.330 e. The molecule has 0 saturated carbocycles. The Morgan fingerprint density at radius 3 is 2.14 bits per heavy atom. The van der Waals surface area contributed by atoms with Crippen LogP contribution in [0.5, 0.6) is 0 Å². The standard InChI is InChI=1S/C29H25N5O3/c30-26-25(27(35)31-29(37)34(26)20-22-12-5-2-6-13-22)33(19-21-10-3-1-4-11-21)28(36)23-14-9-15-24(18-23)32-16-7-8-17-32/h1-18H,19-20,30H2,(H,31,35,37). The molecule has 0 bridgehead atoms. The van der Waals surface area contributed by atoms with E-state index in [1.807, 2.05) is 95.8 Å². The minimum Gasteiger partial charge on any atom is -0.383 e. The summed E-state index contributed by atoms with van der Waals surface area (Å²) < 4.78 is 3.16. The van der Waals surface area contributed by atoms with Gasteiger partial charge in [-0.15, -0.1) is 0 Å². The molecule has 0 aliphatic heterocycles. The predicted molar refractivity (Wildman–Crippen MR) is 144 cm³/mol. The zero-order chi connectivity index (χ0) is 25.8. The minimum absolute atomic E-state index is 0.0734. The van der Waals surface area contributed by atoms with Gasteiger partial charge in [-0.05, 0) is 41.5 Å². The highest BCUT2D eigenvalue weighted by Gasteiger charge is 2.26. The topological polar surface area (TPSA) is 106 Å². The number of nitrogens with two attached hydrogens (primary N) is 1. The number of carbonyl (C=O) groups excluding carboxylic acids is 1. The van der Waals surface area contributed by atoms with Crippen LogP contribution in [0.3, 0.4) is 0 Å². The number of hydrogen-bond donors (Lipinski definition) is 2. The maximum absolute atomic E-state index is 14.0. The molecule has 184 valence electrons. The molecule has 1 amide bonds. The molecule has 3 N–H and O–H groups in total. The van der Waals surface area contributed by atoms with Crippen LogP contribution in [0.15, 0.2) is 119 Å². The van der Waals surface area contributed by atoms with Crippen molar-refractivity contribution in [2.75, 3.05) is 10.6 Å². The van der Waals surface area contributed by atoms with E-state index in [1.54, 1.807) is 18.2 Å². The number of carbonyl (C=O) groups is 1. The van der Waals surface area contributed by atoms with Crippen LogP contribution < -0.4 is 21.9 Å². The first kappa shape index (κ1) is 23.6. The number of hydrogen-bond acceptors (Lipinski definition) is 4. The second-order valence-corrected chi connectivity index (χ2v) is 8.58. The molecular weight excluding hydrogens is 466 g/mol. The molecule has 8 heteroatoms. The fourth-order valence-corrected chi connectivity index (χ4v) is 4.24. The smallest absolute Gasteiger partial charge is 0.330 e. The SMILES string of the molecule is Nc1c(N(Cc2ccccc2)C(=O)c2cccc(-n3cccc3)c2)c(=O)[nH]c(=O)n1Cc1ccccc1. The summed E-state index contributed by atoms with van der Waals surface area (Å²) in [4.78, 5) is 43.5. The van der Waals surface area contributed by atoms with E-state index in [0.717, 1.165) is 16.8 Å². The second kappa shape index (κ2) is 10.2. The van der Waals surface area contributed by atoms with Gasteiger partial charge in [0, 0.05) is 23.6 Å². The number of rotatable bonds is 7. The van der Waals surface area contributed by atoms with E-state index in [4.69, 9.17) is 5.73 Å². The first-order valence-corrected chi connectivity index (χ1v) is 11.8. The van der Waals surface area contributed by atoms with Crippen molar-refractivity contribution in [2.45, 2.75) is 13.1 Å². The van der Waals surface area contributed by atoms with Crippen LogP contribution in [-0.4, -0.2) is 20.0 Å². The molecule has 0 saturated heterocycles. The monoisotopic (exact) mass is 491 g/mol. The minimum atomic E-state index is -0.724. The normalized spacial score (nSPS) is 10.8. The van der Waals surface area contributed by atoms with Crippen molar-refractivity contribution in [2.24, 2.45) is 0 Å². The van der Waals surface area contributed by atoms with Crippen molar-refractivity contribution in [3.63, 3.8) is 0 Å². The third-order valence-electron chi connectivity index (χ3n) is 6.09. The summed E-state index contributed by atoms with van der Waals surface area (Å²) in [5.41, 5.74) is 7.82. The van der Waals surface area contributed by atoms with E-state index in [-0.39, 0.29) is 24.6 Å². The highest BCUT2D eigenvalue weighted by molar-refractivity contribution is 6.07. The molecule has 2 aromatic heterocycles. The molecule has 0 unspecified atom stereocenters. The Morgan fingerprint density at radius 1 is 0.811 bits per heavy atom. The zero-order valence-electron chi connectivity index (χ0n) is 20.0. The number of amides is 1. The van der Waals surface area contributed by atoms with Crippen LogP contribution in [0.2, 0.25) is 0 Å². The molecule has 0 atom stereocenters. The number of aromatic amines is 1. The molecule has 0 fully saturated rings. The number of aromatic nitrogens is 3. The Morgan fingerprint density at radius 2 is 1.46 bits per heavy atom. The Labute approximate surface area is 212 Å². The van der Waals surface area contributed by atoms with Gasteiger partial charge in [0.25, 0.3) is 11.5 Å². The Hall–Kier alpha value is -5.11. The Bertz CT molecular complexity index is 1640. The summed E-state index contributed by atoms with van der Waals surface area (Å²) >= 11 is 0. The van der Waals surface area contributed by atoms with Gasteiger partial charge in [0.2, 0.25) is 0 Å². The van der Waals surface area contributed by atoms with E-state index in [2.05, 4.69) is 4.98 Å². The third kappa shape index (κ3) is 4.99. The first-order chi connectivity index (χ1) is 18.0. The summed E-state index contributed by atoms with van der Waals surface area (Å²) in [6.45, 7) is 0.232. The number of nitrogens with zero attached hydrogens (tertiary/aromatic N) is 3. The summed E-state index contributed by atoms with van der Waals surface area (Å²) in [7, 11) is 0. The molecule has 0 aliphatic carbocycles. The molecule has 0 radical (unpaired) electrons. The van der Waals surface area contributed by atoms with Crippen molar-refractivity contribution in [1.82, 2.24) is 14.1 Å². The molecule has 5 aromatic rings. The van der Waals surface area contributed by atoms with E-state index in [9.17, 15) is 14.4 Å². The van der Waals surface area contributed by atoms with Gasteiger partial charge >= 0.3 is 5.69 Å². The lowest BCUT2D eigenvalue weighted by molar-refractivity contribution is 0.0984. The van der Waals surface area contributed by atoms with E-state index >= 15 is 0 Å². The Kier molecular flexibility index (Phi) is 6.54. The van der Waals surface area contributed by atoms with Gasteiger partial charge in [-0.3, -0.25) is 24.0 Å². The van der Waals surface area contributed by atoms with Crippen molar-refractivity contribution in [1.29, 1.82) is 0 Å². The molecular formula is C29H25N5O3. The number of nitrogen functional groups attached to an aromatic ring is 1. The molecule has 0 spiro atoms. The summed E-state index contributed by atoms with van der Waals surface area (Å²) in [5, 5.41) is 0. The van der Waals surface area contributed by atoms with E-state index in [0.29, 0.717) is 5.56 Å². The molecule has 2 heterocycles. The van der Waals surface area contributed by atoms with Crippen molar-refractivity contribution in [3.8, 4) is 5.69 Å². The van der Waals surface area contributed by atoms with Crippen molar-refractivity contribution >= 4 is 17.4 Å². The van der Waals surface area contributed by atoms with Gasteiger partial charge in [0.1, 0.15) is 5.82 Å². The van der Waals surface area contributed by atoms with Gasteiger partial charge in [0.15, 0.2) is 5.69 Å². The number of H-pyrrole nitrogens is 1. The molecule has 8 nitrogen and oxygen atoms in total. The molecule has 5 rings (SSSR count). The second-order valence-electron chi connectivity index (χ2n) is 8.58. The van der Waals surface area contributed by atoms with Crippen LogP contribution in [-0.2, 0) is 13.1 Å². The fraction of sp³-hybridized carbons (Fsp3) is 0.0690. The quantitative estimate of drug-likeness (QED) is 0.361. The van der Waals surface area contributed by atoms with Gasteiger partial charge in [-0.2, -0.15) is 0 Å². The van der Waals surface area contributed by atoms with Crippen LogP contribution in [0.25, 0.3) is 5.69 Å². The fourth-order valence-electron chi connectivity index (χ4n) is 4.24. The third-order valence-corrected chi connectivity index (χ3v) is 6.09. The van der Waals surface area contributed by atoms with Gasteiger partial charge < -0.3 is 10.3 Å². The van der Waals surface area contributed by atoms with Crippen LogP contribution >= 0.6 is 0 Å². The zero-order valence-corrected chi connectivity index (χ0v) is 20.0. The van der Waals surface area contributed by atoms with Crippen LogP contribution in [0.4, 0.5) is 11.5 Å². The summed E-state index contributed by atoms with van der Waals surface area (Å²) in [6.07, 6.45) is 3.76. The van der Waals surface area contributed by atoms with Crippen LogP contribution in [0, 0.1) is 0 Å². The van der Waals surface area contributed by atoms with Gasteiger partial charge in [-0.1, -0.05) is 66.7 Å². The van der Waals surface area contributed by atoms with Gasteiger partial charge in [0.05, 0.1) is 13.1 Å². The van der Waals surface area contributed by atoms with Crippen molar-refractivity contribution < 1.29 is 4.79 Å². The number of nitrogens with one attached hydrogen (secondary N) is 1. The Balaban J connectivity index is 1.62. The summed E-state index contributed by atoms with van der Waals surface area (Å²) in [6, 6.07) is 29.5.